The Labute approximate surface area is 121 Å². The highest BCUT2D eigenvalue weighted by molar-refractivity contribution is 9.10. The smallest absolute Gasteiger partial charge is 0.315 e. The third-order valence-electron chi connectivity index (χ3n) is 3.50. The summed E-state index contributed by atoms with van der Waals surface area (Å²) < 4.78 is 6.17. The predicted octanol–water partition coefficient (Wildman–Crippen LogP) is 2.02. The molecule has 104 valence electrons. The number of hydrogen-bond donors (Lipinski definition) is 1. The number of carboxylic acids is 1. The minimum atomic E-state index is -0.758. The van der Waals surface area contributed by atoms with Crippen LogP contribution in [0, 0.1) is 5.41 Å². The highest BCUT2D eigenvalue weighted by Gasteiger charge is 2.46. The van der Waals surface area contributed by atoms with Crippen LogP contribution in [0.2, 0.25) is 0 Å². The number of hydrogen-bond acceptors (Lipinski definition) is 3. The van der Waals surface area contributed by atoms with Crippen molar-refractivity contribution in [3.8, 4) is 0 Å². The molecular formula is C14H18BrNO3. The van der Waals surface area contributed by atoms with E-state index in [1.54, 1.807) is 0 Å². The standard InChI is InChI=1S/C14H18BrNO3/c1-16(8-14(13(17)18)9-19-10-14)7-6-11-4-2-3-5-12(11)15/h2-5H,6-10H2,1H3,(H,17,18). The van der Waals surface area contributed by atoms with Gasteiger partial charge in [0, 0.05) is 17.6 Å². The lowest BCUT2D eigenvalue weighted by atomic mass is 9.85. The number of benzene rings is 1. The molecule has 0 atom stereocenters. The summed E-state index contributed by atoms with van der Waals surface area (Å²) in [5, 5.41) is 9.25. The molecule has 0 amide bonds. The monoisotopic (exact) mass is 327 g/mol. The van der Waals surface area contributed by atoms with E-state index in [0.29, 0.717) is 19.8 Å². The number of carbonyl (C=O) groups is 1. The van der Waals surface area contributed by atoms with Crippen LogP contribution in [0.3, 0.4) is 0 Å². The summed E-state index contributed by atoms with van der Waals surface area (Å²) in [6.07, 6.45) is 0.897. The van der Waals surface area contributed by atoms with E-state index in [4.69, 9.17) is 4.74 Å². The summed E-state index contributed by atoms with van der Waals surface area (Å²) in [7, 11) is 1.96. The minimum Gasteiger partial charge on any atom is -0.481 e. The molecule has 5 heteroatoms. The van der Waals surface area contributed by atoms with Gasteiger partial charge in [-0.05, 0) is 25.1 Å². The zero-order valence-electron chi connectivity index (χ0n) is 10.9. The van der Waals surface area contributed by atoms with E-state index in [1.807, 2.05) is 25.2 Å². The Hall–Kier alpha value is -0.910. The molecule has 4 nitrogen and oxygen atoms in total. The molecule has 1 saturated heterocycles. The molecule has 1 aliphatic rings. The van der Waals surface area contributed by atoms with Crippen molar-refractivity contribution < 1.29 is 14.6 Å². The predicted molar refractivity (Wildman–Crippen MR) is 76.2 cm³/mol. The van der Waals surface area contributed by atoms with Crippen molar-refractivity contribution >= 4 is 21.9 Å². The Morgan fingerprint density at radius 3 is 2.68 bits per heavy atom. The Balaban J connectivity index is 1.87. The Morgan fingerprint density at radius 2 is 2.16 bits per heavy atom. The molecule has 0 radical (unpaired) electrons. The van der Waals surface area contributed by atoms with Gasteiger partial charge in [0.15, 0.2) is 0 Å². The number of carboxylic acid groups (broad SMARTS) is 1. The number of ether oxygens (including phenoxy) is 1. The van der Waals surface area contributed by atoms with E-state index in [1.165, 1.54) is 5.56 Å². The van der Waals surface area contributed by atoms with Crippen molar-refractivity contribution in [1.82, 2.24) is 4.90 Å². The molecule has 0 saturated carbocycles. The van der Waals surface area contributed by atoms with Crippen LogP contribution in [0.15, 0.2) is 28.7 Å². The maximum Gasteiger partial charge on any atom is 0.315 e. The minimum absolute atomic E-state index is 0.321. The van der Waals surface area contributed by atoms with Gasteiger partial charge in [-0.3, -0.25) is 4.79 Å². The molecule has 0 bridgehead atoms. The number of rotatable bonds is 6. The summed E-state index contributed by atoms with van der Waals surface area (Å²) in [5.41, 5.74) is 0.534. The maximum absolute atomic E-state index is 11.3. The van der Waals surface area contributed by atoms with Crippen molar-refractivity contribution in [3.05, 3.63) is 34.3 Å². The first-order valence-corrected chi connectivity index (χ1v) is 7.06. The number of halogens is 1. The van der Waals surface area contributed by atoms with E-state index in [-0.39, 0.29) is 0 Å². The van der Waals surface area contributed by atoms with E-state index in [0.717, 1.165) is 17.4 Å². The van der Waals surface area contributed by atoms with Gasteiger partial charge in [-0.25, -0.2) is 0 Å². The van der Waals surface area contributed by atoms with Crippen molar-refractivity contribution in [2.75, 3.05) is 33.4 Å². The first-order valence-electron chi connectivity index (χ1n) is 6.27. The number of likely N-dealkylation sites (N-methyl/N-ethyl adjacent to an activating group) is 1. The van der Waals surface area contributed by atoms with Crippen LogP contribution in [-0.4, -0.2) is 49.3 Å². The Bertz CT molecular complexity index is 460. The molecule has 1 aromatic rings. The average molecular weight is 328 g/mol. The van der Waals surface area contributed by atoms with Crippen LogP contribution in [0.1, 0.15) is 5.56 Å². The van der Waals surface area contributed by atoms with Crippen LogP contribution < -0.4 is 0 Å². The van der Waals surface area contributed by atoms with Gasteiger partial charge in [-0.2, -0.15) is 0 Å². The molecule has 0 aromatic heterocycles. The second-order valence-corrected chi connectivity index (χ2v) is 6.01. The van der Waals surface area contributed by atoms with Gasteiger partial charge in [-0.15, -0.1) is 0 Å². The molecule has 1 heterocycles. The Kier molecular flexibility index (Phi) is 4.60. The van der Waals surface area contributed by atoms with E-state index >= 15 is 0 Å². The molecule has 0 unspecified atom stereocenters. The molecule has 19 heavy (non-hydrogen) atoms. The highest BCUT2D eigenvalue weighted by atomic mass is 79.9. The Morgan fingerprint density at radius 1 is 1.47 bits per heavy atom. The molecule has 0 spiro atoms. The quantitative estimate of drug-likeness (QED) is 0.868. The van der Waals surface area contributed by atoms with E-state index in [9.17, 15) is 9.90 Å². The average Bonchev–Trinajstić information content (AvgIpc) is 2.32. The largest absolute Gasteiger partial charge is 0.481 e. The van der Waals surface area contributed by atoms with Gasteiger partial charge in [0.05, 0.1) is 13.2 Å². The van der Waals surface area contributed by atoms with Crippen LogP contribution in [0.5, 0.6) is 0 Å². The van der Waals surface area contributed by atoms with E-state index in [2.05, 4.69) is 26.9 Å². The fraction of sp³-hybridized carbons (Fsp3) is 0.500. The van der Waals surface area contributed by atoms with Crippen molar-refractivity contribution in [2.45, 2.75) is 6.42 Å². The summed E-state index contributed by atoms with van der Waals surface area (Å²) in [6, 6.07) is 8.10. The highest BCUT2D eigenvalue weighted by Crippen LogP contribution is 2.28. The molecule has 1 aromatic carbocycles. The maximum atomic E-state index is 11.3. The summed E-state index contributed by atoms with van der Waals surface area (Å²) in [4.78, 5) is 13.3. The van der Waals surface area contributed by atoms with Gasteiger partial charge in [-0.1, -0.05) is 34.1 Å². The van der Waals surface area contributed by atoms with Crippen LogP contribution in [0.4, 0.5) is 0 Å². The molecular weight excluding hydrogens is 310 g/mol. The lowest BCUT2D eigenvalue weighted by Crippen LogP contribution is -2.55. The van der Waals surface area contributed by atoms with Gasteiger partial charge in [0.1, 0.15) is 5.41 Å². The molecule has 0 aliphatic carbocycles. The molecule has 1 fully saturated rings. The van der Waals surface area contributed by atoms with Crippen molar-refractivity contribution in [1.29, 1.82) is 0 Å². The van der Waals surface area contributed by atoms with E-state index < -0.39 is 11.4 Å². The molecule has 1 N–H and O–H groups in total. The normalized spacial score (nSPS) is 17.2. The third-order valence-corrected chi connectivity index (χ3v) is 4.28. The van der Waals surface area contributed by atoms with Gasteiger partial charge in [0.25, 0.3) is 0 Å². The molecule has 1 aliphatic heterocycles. The lowest BCUT2D eigenvalue weighted by molar-refractivity contribution is -0.182. The lowest BCUT2D eigenvalue weighted by Gasteiger charge is -2.40. The number of aliphatic carboxylic acids is 1. The number of nitrogens with zero attached hydrogens (tertiary/aromatic N) is 1. The van der Waals surface area contributed by atoms with Gasteiger partial charge in [0.2, 0.25) is 0 Å². The van der Waals surface area contributed by atoms with Gasteiger partial charge < -0.3 is 14.7 Å². The van der Waals surface area contributed by atoms with Gasteiger partial charge >= 0.3 is 5.97 Å². The SMILES string of the molecule is CN(CCc1ccccc1Br)CC1(C(=O)O)COC1. The summed E-state index contributed by atoms with van der Waals surface area (Å²) >= 11 is 3.52. The first-order chi connectivity index (χ1) is 9.03. The first kappa shape index (κ1) is 14.5. The third kappa shape index (κ3) is 3.35. The van der Waals surface area contributed by atoms with Crippen molar-refractivity contribution in [3.63, 3.8) is 0 Å². The summed E-state index contributed by atoms with van der Waals surface area (Å²) in [6.45, 7) is 2.01. The zero-order valence-corrected chi connectivity index (χ0v) is 12.5. The summed E-state index contributed by atoms with van der Waals surface area (Å²) in [5.74, 6) is -0.758. The fourth-order valence-electron chi connectivity index (χ4n) is 2.24. The zero-order chi connectivity index (χ0) is 13.9. The molecule has 2 rings (SSSR count). The fourth-order valence-corrected chi connectivity index (χ4v) is 2.72. The second kappa shape index (κ2) is 6.03. The second-order valence-electron chi connectivity index (χ2n) is 5.16. The van der Waals surface area contributed by atoms with Crippen LogP contribution >= 0.6 is 15.9 Å². The van der Waals surface area contributed by atoms with Crippen LogP contribution in [0.25, 0.3) is 0 Å². The van der Waals surface area contributed by atoms with Crippen LogP contribution in [-0.2, 0) is 16.0 Å². The van der Waals surface area contributed by atoms with Crippen molar-refractivity contribution in [2.24, 2.45) is 5.41 Å². The topological polar surface area (TPSA) is 49.8 Å².